The van der Waals surface area contributed by atoms with Gasteiger partial charge in [0.1, 0.15) is 4.83 Å². The van der Waals surface area contributed by atoms with Crippen LogP contribution in [0.1, 0.15) is 25.6 Å². The van der Waals surface area contributed by atoms with Gasteiger partial charge in [0.05, 0.1) is 16.5 Å². The van der Waals surface area contributed by atoms with Gasteiger partial charge in [0.2, 0.25) is 0 Å². The first-order valence-corrected chi connectivity index (χ1v) is 12.1. The van der Waals surface area contributed by atoms with Crippen LogP contribution in [0.25, 0.3) is 10.2 Å². The smallest absolute Gasteiger partial charge is 0.281 e. The lowest BCUT2D eigenvalue weighted by Crippen LogP contribution is -2.44. The molecule has 0 bridgehead atoms. The minimum absolute atomic E-state index is 0.256. The Kier molecular flexibility index (Phi) is 6.55. The number of hydrogen-bond acceptors (Lipinski definition) is 7. The molecule has 1 aliphatic heterocycles. The van der Waals surface area contributed by atoms with Gasteiger partial charge in [-0.2, -0.15) is 10.2 Å². The van der Waals surface area contributed by atoms with Crippen LogP contribution in [-0.2, 0) is 0 Å². The molecule has 3 heterocycles. The molecule has 1 fully saturated rings. The predicted octanol–water partition coefficient (Wildman–Crippen LogP) is 3.39. The van der Waals surface area contributed by atoms with E-state index in [1.165, 1.54) is 11.3 Å². The molecule has 3 N–H and O–H groups in total. The number of hydrazone groups is 1. The van der Waals surface area contributed by atoms with Crippen molar-refractivity contribution < 1.29 is 9.59 Å². The van der Waals surface area contributed by atoms with E-state index in [0.717, 1.165) is 37.4 Å². The van der Waals surface area contributed by atoms with Gasteiger partial charge in [-0.15, -0.1) is 11.3 Å². The highest BCUT2D eigenvalue weighted by molar-refractivity contribution is 7.20. The number of likely N-dealkylation sites (N-methyl/N-ethyl adjacent to an activating group) is 1. The van der Waals surface area contributed by atoms with Crippen molar-refractivity contribution in [2.75, 3.05) is 43.4 Å². The van der Waals surface area contributed by atoms with E-state index in [1.54, 1.807) is 12.3 Å². The van der Waals surface area contributed by atoms with Crippen molar-refractivity contribution in [3.05, 3.63) is 76.7 Å². The lowest BCUT2D eigenvalue weighted by atomic mass is 10.1. The fourth-order valence-electron chi connectivity index (χ4n) is 3.85. The Labute approximate surface area is 206 Å². The van der Waals surface area contributed by atoms with Crippen LogP contribution in [0.5, 0.6) is 0 Å². The second kappa shape index (κ2) is 10.1. The molecule has 2 aromatic carbocycles. The second-order valence-corrected chi connectivity index (χ2v) is 9.38. The SMILES string of the molecule is CN1CCN(c2ccc(C(=O)Nc3n[nH]c4sc(C(=O)N/N=C\c5ccccc5)cc34)cc2)CC1. The van der Waals surface area contributed by atoms with Crippen LogP contribution in [-0.4, -0.2) is 66.4 Å². The standard InChI is InChI=1S/C25H25N7O2S/c1-31-11-13-32(14-12-31)19-9-7-18(8-10-19)23(33)27-22-20-15-21(35-25(20)30-28-22)24(34)29-26-16-17-5-3-2-4-6-17/h2-10,15-16H,11-14H2,1H3,(H,29,34)(H2,27,28,30,33)/b26-16-. The minimum atomic E-state index is -0.330. The minimum Gasteiger partial charge on any atom is -0.369 e. The number of aromatic amines is 1. The molecular weight excluding hydrogens is 462 g/mol. The van der Waals surface area contributed by atoms with Gasteiger partial charge in [0, 0.05) is 37.4 Å². The molecule has 0 aliphatic carbocycles. The number of thiophene rings is 1. The molecule has 1 aliphatic rings. The average Bonchev–Trinajstić information content (AvgIpc) is 3.47. The third kappa shape index (κ3) is 5.23. The number of hydrogen-bond donors (Lipinski definition) is 3. The highest BCUT2D eigenvalue weighted by Crippen LogP contribution is 2.29. The molecule has 5 rings (SSSR count). The number of piperazine rings is 1. The lowest BCUT2D eigenvalue weighted by molar-refractivity contribution is 0.0958. The molecule has 0 radical (unpaired) electrons. The van der Waals surface area contributed by atoms with Crippen LogP contribution in [0.15, 0.2) is 65.8 Å². The topological polar surface area (TPSA) is 106 Å². The molecule has 2 amide bonds. The van der Waals surface area contributed by atoms with Crippen LogP contribution in [0.2, 0.25) is 0 Å². The molecule has 0 spiro atoms. The summed E-state index contributed by atoms with van der Waals surface area (Å²) in [6, 6.07) is 18.8. The molecule has 0 atom stereocenters. The Morgan fingerprint density at radius 1 is 1.03 bits per heavy atom. The summed E-state index contributed by atoms with van der Waals surface area (Å²) < 4.78 is 0. The molecular formula is C25H25N7O2S. The fraction of sp³-hybridized carbons (Fsp3) is 0.200. The zero-order chi connectivity index (χ0) is 24.2. The van der Waals surface area contributed by atoms with E-state index < -0.39 is 0 Å². The summed E-state index contributed by atoms with van der Waals surface area (Å²) in [6.45, 7) is 3.99. The van der Waals surface area contributed by atoms with E-state index >= 15 is 0 Å². The van der Waals surface area contributed by atoms with Crippen molar-refractivity contribution in [2.45, 2.75) is 0 Å². The number of anilines is 2. The van der Waals surface area contributed by atoms with Crippen LogP contribution < -0.4 is 15.6 Å². The van der Waals surface area contributed by atoms with E-state index in [4.69, 9.17) is 0 Å². The van der Waals surface area contributed by atoms with Crippen molar-refractivity contribution in [3.63, 3.8) is 0 Å². The van der Waals surface area contributed by atoms with Gasteiger partial charge < -0.3 is 15.1 Å². The largest absolute Gasteiger partial charge is 0.369 e. The lowest BCUT2D eigenvalue weighted by Gasteiger charge is -2.34. The van der Waals surface area contributed by atoms with Gasteiger partial charge in [0.25, 0.3) is 11.8 Å². The number of benzene rings is 2. The number of aromatic nitrogens is 2. The number of fused-ring (bicyclic) bond motifs is 1. The number of H-pyrrole nitrogens is 1. The molecule has 10 heteroatoms. The van der Waals surface area contributed by atoms with Gasteiger partial charge in [-0.25, -0.2) is 5.43 Å². The van der Waals surface area contributed by atoms with E-state index in [-0.39, 0.29) is 11.8 Å². The van der Waals surface area contributed by atoms with Crippen LogP contribution in [0, 0.1) is 0 Å². The molecule has 4 aromatic rings. The average molecular weight is 488 g/mol. The summed E-state index contributed by atoms with van der Waals surface area (Å²) in [5.74, 6) is -0.201. The first-order valence-electron chi connectivity index (χ1n) is 11.3. The number of carbonyl (C=O) groups excluding carboxylic acids is 2. The maximum absolute atomic E-state index is 12.8. The zero-order valence-electron chi connectivity index (χ0n) is 19.2. The monoisotopic (exact) mass is 487 g/mol. The van der Waals surface area contributed by atoms with Crippen molar-refractivity contribution in [2.24, 2.45) is 5.10 Å². The van der Waals surface area contributed by atoms with Gasteiger partial charge in [-0.3, -0.25) is 14.7 Å². The first kappa shape index (κ1) is 22.8. The molecule has 9 nitrogen and oxygen atoms in total. The first-order chi connectivity index (χ1) is 17.1. The van der Waals surface area contributed by atoms with E-state index in [9.17, 15) is 9.59 Å². The van der Waals surface area contributed by atoms with Gasteiger partial charge in [0.15, 0.2) is 5.82 Å². The Morgan fingerprint density at radius 3 is 2.51 bits per heavy atom. The maximum Gasteiger partial charge on any atom is 0.281 e. The molecule has 2 aromatic heterocycles. The summed E-state index contributed by atoms with van der Waals surface area (Å²) in [6.07, 6.45) is 1.58. The summed E-state index contributed by atoms with van der Waals surface area (Å²) in [5, 5.41) is 14.6. The van der Waals surface area contributed by atoms with Gasteiger partial charge >= 0.3 is 0 Å². The quantitative estimate of drug-likeness (QED) is 0.286. The summed E-state index contributed by atoms with van der Waals surface area (Å²) in [5.41, 5.74) is 5.07. The highest BCUT2D eigenvalue weighted by atomic mass is 32.1. The van der Waals surface area contributed by atoms with Crippen molar-refractivity contribution in [3.8, 4) is 0 Å². The van der Waals surface area contributed by atoms with E-state index in [2.05, 4.69) is 42.9 Å². The Hall–Kier alpha value is -4.02. The maximum atomic E-state index is 12.8. The van der Waals surface area contributed by atoms with Crippen LogP contribution >= 0.6 is 11.3 Å². The number of amides is 2. The van der Waals surface area contributed by atoms with Crippen molar-refractivity contribution in [1.29, 1.82) is 0 Å². The van der Waals surface area contributed by atoms with E-state index in [1.807, 2.05) is 54.6 Å². The normalized spacial score (nSPS) is 14.5. The summed E-state index contributed by atoms with van der Waals surface area (Å²) in [4.78, 5) is 31.1. The molecule has 0 saturated carbocycles. The Balaban J connectivity index is 1.23. The summed E-state index contributed by atoms with van der Waals surface area (Å²) in [7, 11) is 2.12. The molecule has 1 saturated heterocycles. The van der Waals surface area contributed by atoms with Crippen molar-refractivity contribution >= 4 is 51.1 Å². The van der Waals surface area contributed by atoms with Crippen LogP contribution in [0.3, 0.4) is 0 Å². The molecule has 0 unspecified atom stereocenters. The van der Waals surface area contributed by atoms with E-state index in [0.29, 0.717) is 26.5 Å². The van der Waals surface area contributed by atoms with Gasteiger partial charge in [-0.1, -0.05) is 30.3 Å². The zero-order valence-corrected chi connectivity index (χ0v) is 20.0. The number of nitrogens with one attached hydrogen (secondary N) is 3. The van der Waals surface area contributed by atoms with Crippen LogP contribution in [0.4, 0.5) is 11.5 Å². The predicted molar refractivity (Wildman–Crippen MR) is 140 cm³/mol. The number of nitrogens with zero attached hydrogens (tertiary/aromatic N) is 4. The van der Waals surface area contributed by atoms with Gasteiger partial charge in [-0.05, 0) is 42.9 Å². The third-order valence-corrected chi connectivity index (χ3v) is 6.93. The highest BCUT2D eigenvalue weighted by Gasteiger charge is 2.18. The second-order valence-electron chi connectivity index (χ2n) is 8.33. The fourth-order valence-corrected chi connectivity index (χ4v) is 4.74. The van der Waals surface area contributed by atoms with Crippen molar-refractivity contribution in [1.82, 2.24) is 20.5 Å². The summed E-state index contributed by atoms with van der Waals surface area (Å²) >= 11 is 1.25. The number of carbonyl (C=O) groups is 2. The molecule has 35 heavy (non-hydrogen) atoms. The molecule has 178 valence electrons. The Morgan fingerprint density at radius 2 is 1.77 bits per heavy atom. The third-order valence-electron chi connectivity index (χ3n) is 5.89. The number of rotatable bonds is 6. The Bertz CT molecular complexity index is 1350.